The number of rotatable bonds is 5. The second kappa shape index (κ2) is 8.21. The Morgan fingerprint density at radius 3 is 2.00 bits per heavy atom. The molecular weight excluding hydrogens is 308 g/mol. The maximum atomic E-state index is 11.3. The molecule has 0 radical (unpaired) electrons. The Bertz CT molecular complexity index is 573. The first-order valence-electron chi connectivity index (χ1n) is 10.0. The number of aryl methyl sites for hydroxylation is 1. The third kappa shape index (κ3) is 4.34. The third-order valence-electron chi connectivity index (χ3n) is 6.85. The number of benzene rings is 1. The van der Waals surface area contributed by atoms with Gasteiger partial charge in [0.15, 0.2) is 0 Å². The molecule has 25 heavy (non-hydrogen) atoms. The lowest BCUT2D eigenvalue weighted by molar-refractivity contribution is -0.142. The largest absolute Gasteiger partial charge is 0.481 e. The molecule has 0 saturated heterocycles. The van der Waals surface area contributed by atoms with Crippen molar-refractivity contribution in [3.8, 4) is 0 Å². The zero-order chi connectivity index (χ0) is 17.8. The van der Waals surface area contributed by atoms with E-state index in [1.165, 1.54) is 49.7 Å². The van der Waals surface area contributed by atoms with Crippen molar-refractivity contribution in [1.29, 1.82) is 0 Å². The van der Waals surface area contributed by atoms with Crippen molar-refractivity contribution in [3.63, 3.8) is 0 Å². The van der Waals surface area contributed by atoms with Crippen molar-refractivity contribution >= 4 is 5.97 Å². The second-order valence-corrected chi connectivity index (χ2v) is 8.30. The highest BCUT2D eigenvalue weighted by Crippen LogP contribution is 2.45. The van der Waals surface area contributed by atoms with Gasteiger partial charge in [-0.05, 0) is 87.5 Å². The van der Waals surface area contributed by atoms with Crippen molar-refractivity contribution < 1.29 is 9.90 Å². The average Bonchev–Trinajstić information content (AvgIpc) is 2.63. The lowest BCUT2D eigenvalue weighted by atomic mass is 9.67. The van der Waals surface area contributed by atoms with Crippen LogP contribution in [0.3, 0.4) is 0 Å². The molecule has 0 aromatic heterocycles. The Labute approximate surface area is 152 Å². The van der Waals surface area contributed by atoms with Crippen LogP contribution in [-0.2, 0) is 4.79 Å². The van der Waals surface area contributed by atoms with Crippen LogP contribution >= 0.6 is 0 Å². The number of hydrogen-bond acceptors (Lipinski definition) is 1. The van der Waals surface area contributed by atoms with Crippen LogP contribution in [0.25, 0.3) is 0 Å². The Morgan fingerprint density at radius 1 is 1.00 bits per heavy atom. The quantitative estimate of drug-likeness (QED) is 0.671. The van der Waals surface area contributed by atoms with E-state index in [2.05, 4.69) is 37.8 Å². The topological polar surface area (TPSA) is 37.3 Å². The molecule has 0 heterocycles. The summed E-state index contributed by atoms with van der Waals surface area (Å²) in [6.45, 7) is 5.88. The first-order valence-corrected chi connectivity index (χ1v) is 10.0. The zero-order valence-electron chi connectivity index (χ0n) is 15.5. The van der Waals surface area contributed by atoms with Gasteiger partial charge in [-0.15, -0.1) is 6.58 Å². The van der Waals surface area contributed by atoms with Crippen molar-refractivity contribution in [2.45, 2.75) is 64.2 Å². The van der Waals surface area contributed by atoms with Gasteiger partial charge in [0.2, 0.25) is 0 Å². The molecule has 3 rings (SSSR count). The number of hydrogen-bond donors (Lipinski definition) is 1. The Kier molecular flexibility index (Phi) is 5.98. The summed E-state index contributed by atoms with van der Waals surface area (Å²) in [7, 11) is 0. The Balaban J connectivity index is 1.48. The van der Waals surface area contributed by atoms with Crippen LogP contribution in [0.4, 0.5) is 0 Å². The SMILES string of the molecule is C=CC(C(=O)O)[C@H]1CC[C@H]([C@H]2CC[C@H](c3ccc(C)cc3)CC2)CC1. The van der Waals surface area contributed by atoms with Crippen molar-refractivity contribution in [1.82, 2.24) is 0 Å². The molecule has 0 spiro atoms. The fourth-order valence-corrected chi connectivity index (χ4v) is 5.23. The van der Waals surface area contributed by atoms with Crippen LogP contribution in [0.1, 0.15) is 68.4 Å². The minimum Gasteiger partial charge on any atom is -0.481 e. The van der Waals surface area contributed by atoms with Crippen LogP contribution in [0.5, 0.6) is 0 Å². The second-order valence-electron chi connectivity index (χ2n) is 8.30. The first-order chi connectivity index (χ1) is 12.1. The first kappa shape index (κ1) is 18.2. The van der Waals surface area contributed by atoms with Gasteiger partial charge in [0, 0.05) is 0 Å². The van der Waals surface area contributed by atoms with Crippen LogP contribution in [0, 0.1) is 30.6 Å². The van der Waals surface area contributed by atoms with E-state index in [-0.39, 0.29) is 5.92 Å². The monoisotopic (exact) mass is 340 g/mol. The van der Waals surface area contributed by atoms with Crippen molar-refractivity contribution in [2.24, 2.45) is 23.7 Å². The standard InChI is InChI=1S/C23H32O2/c1-3-22(23(24)25)21-14-12-20(13-15-21)19-10-8-18(9-11-19)17-6-4-16(2)5-7-17/h3-7,18-22H,1,8-15H2,2H3,(H,24,25)/t18-,19-,20-,21-,22?. The fraction of sp³-hybridized carbons (Fsp3) is 0.609. The molecule has 1 aromatic carbocycles. The predicted molar refractivity (Wildman–Crippen MR) is 103 cm³/mol. The van der Waals surface area contributed by atoms with Gasteiger partial charge in [0.1, 0.15) is 0 Å². The molecule has 2 fully saturated rings. The lowest BCUT2D eigenvalue weighted by Gasteiger charge is -2.38. The third-order valence-corrected chi connectivity index (χ3v) is 6.85. The van der Waals surface area contributed by atoms with Gasteiger partial charge in [0.05, 0.1) is 5.92 Å². The summed E-state index contributed by atoms with van der Waals surface area (Å²) < 4.78 is 0. The normalized spacial score (nSPS) is 31.2. The van der Waals surface area contributed by atoms with Gasteiger partial charge in [0.25, 0.3) is 0 Å². The average molecular weight is 341 g/mol. The summed E-state index contributed by atoms with van der Waals surface area (Å²) in [5.41, 5.74) is 2.86. The molecule has 0 aliphatic heterocycles. The molecule has 0 bridgehead atoms. The number of carboxylic acids is 1. The van der Waals surface area contributed by atoms with Crippen LogP contribution in [0.15, 0.2) is 36.9 Å². The van der Waals surface area contributed by atoms with Crippen molar-refractivity contribution in [2.75, 3.05) is 0 Å². The molecule has 1 atom stereocenters. The van der Waals surface area contributed by atoms with E-state index in [0.717, 1.165) is 30.6 Å². The zero-order valence-corrected chi connectivity index (χ0v) is 15.5. The van der Waals surface area contributed by atoms with E-state index in [0.29, 0.717) is 5.92 Å². The van der Waals surface area contributed by atoms with Gasteiger partial charge < -0.3 is 5.11 Å². The van der Waals surface area contributed by atoms with E-state index in [1.54, 1.807) is 6.08 Å². The van der Waals surface area contributed by atoms with E-state index < -0.39 is 5.97 Å². The Morgan fingerprint density at radius 2 is 1.52 bits per heavy atom. The van der Waals surface area contributed by atoms with E-state index in [1.807, 2.05) is 0 Å². The molecule has 1 N–H and O–H groups in total. The maximum Gasteiger partial charge on any atom is 0.310 e. The molecule has 2 saturated carbocycles. The lowest BCUT2D eigenvalue weighted by Crippen LogP contribution is -2.30. The number of carbonyl (C=O) groups is 1. The van der Waals surface area contributed by atoms with Gasteiger partial charge in [-0.1, -0.05) is 35.9 Å². The van der Waals surface area contributed by atoms with Crippen LogP contribution < -0.4 is 0 Å². The molecule has 1 aromatic rings. The number of carboxylic acid groups (broad SMARTS) is 1. The van der Waals surface area contributed by atoms with E-state index in [9.17, 15) is 9.90 Å². The maximum absolute atomic E-state index is 11.3. The summed E-state index contributed by atoms with van der Waals surface area (Å²) in [6, 6.07) is 9.10. The molecular formula is C23H32O2. The Hall–Kier alpha value is -1.57. The molecule has 2 nitrogen and oxygen atoms in total. The molecule has 2 aliphatic carbocycles. The summed E-state index contributed by atoms with van der Waals surface area (Å²) in [5, 5.41) is 9.32. The number of aliphatic carboxylic acids is 1. The molecule has 2 aliphatic rings. The van der Waals surface area contributed by atoms with E-state index >= 15 is 0 Å². The van der Waals surface area contributed by atoms with Crippen LogP contribution in [0.2, 0.25) is 0 Å². The van der Waals surface area contributed by atoms with Gasteiger partial charge in [-0.3, -0.25) is 4.79 Å². The predicted octanol–water partition coefficient (Wildman–Crippen LogP) is 5.96. The summed E-state index contributed by atoms with van der Waals surface area (Å²) >= 11 is 0. The fourth-order valence-electron chi connectivity index (χ4n) is 5.23. The van der Waals surface area contributed by atoms with Gasteiger partial charge in [-0.25, -0.2) is 0 Å². The summed E-state index contributed by atoms with van der Waals surface area (Å²) in [4.78, 5) is 11.3. The minimum atomic E-state index is -0.697. The van der Waals surface area contributed by atoms with Gasteiger partial charge in [-0.2, -0.15) is 0 Å². The smallest absolute Gasteiger partial charge is 0.310 e. The highest BCUT2D eigenvalue weighted by molar-refractivity contribution is 5.72. The van der Waals surface area contributed by atoms with E-state index in [4.69, 9.17) is 0 Å². The van der Waals surface area contributed by atoms with Gasteiger partial charge >= 0.3 is 5.97 Å². The molecule has 136 valence electrons. The summed E-state index contributed by atoms with van der Waals surface area (Å²) in [6.07, 6.45) is 11.5. The summed E-state index contributed by atoms with van der Waals surface area (Å²) in [5.74, 6) is 1.67. The molecule has 2 heteroatoms. The highest BCUT2D eigenvalue weighted by Gasteiger charge is 2.34. The minimum absolute atomic E-state index is 0.301. The molecule has 0 amide bonds. The molecule has 1 unspecified atom stereocenters. The van der Waals surface area contributed by atoms with Crippen LogP contribution in [-0.4, -0.2) is 11.1 Å². The van der Waals surface area contributed by atoms with Crippen molar-refractivity contribution in [3.05, 3.63) is 48.0 Å². The highest BCUT2D eigenvalue weighted by atomic mass is 16.4.